The molecule has 0 unspecified atom stereocenters. The minimum Gasteiger partial charge on any atom is -0.394 e. The average Bonchev–Trinajstić information content (AvgIpc) is 2.28. The molecule has 0 aliphatic heterocycles. The highest BCUT2D eigenvalue weighted by molar-refractivity contribution is 5.83. The van der Waals surface area contributed by atoms with Crippen LogP contribution in [0.15, 0.2) is 0 Å². The summed E-state index contributed by atoms with van der Waals surface area (Å²) in [7, 11) is 0. The van der Waals surface area contributed by atoms with Crippen molar-refractivity contribution < 1.29 is 9.90 Å². The normalized spacial score (nSPS) is 21.9. The van der Waals surface area contributed by atoms with Gasteiger partial charge < -0.3 is 16.2 Å². The number of carbonyl (C=O) groups is 1. The zero-order valence-electron chi connectivity index (χ0n) is 11.3. The lowest BCUT2D eigenvalue weighted by atomic mass is 9.81. The second-order valence-electron chi connectivity index (χ2n) is 6.33. The molecule has 1 saturated carbocycles. The highest BCUT2D eigenvalue weighted by Crippen LogP contribution is 2.28. The van der Waals surface area contributed by atoms with E-state index in [4.69, 9.17) is 5.73 Å². The molecule has 1 rings (SSSR count). The summed E-state index contributed by atoms with van der Waals surface area (Å²) in [5.41, 5.74) is 5.24. The van der Waals surface area contributed by atoms with Crippen molar-refractivity contribution in [2.45, 2.75) is 64.5 Å². The highest BCUT2D eigenvalue weighted by Gasteiger charge is 2.36. The Morgan fingerprint density at radius 2 is 1.88 bits per heavy atom. The molecule has 0 bridgehead atoms. The smallest absolute Gasteiger partial charge is 0.237 e. The molecule has 0 aromatic carbocycles. The van der Waals surface area contributed by atoms with E-state index in [1.165, 1.54) is 6.42 Å². The van der Waals surface area contributed by atoms with Crippen molar-refractivity contribution in [2.24, 2.45) is 11.1 Å². The van der Waals surface area contributed by atoms with E-state index in [9.17, 15) is 9.90 Å². The summed E-state index contributed by atoms with van der Waals surface area (Å²) < 4.78 is 0. The summed E-state index contributed by atoms with van der Waals surface area (Å²) in [5.74, 6) is -0.145. The van der Waals surface area contributed by atoms with E-state index in [-0.39, 0.29) is 17.9 Å². The number of aliphatic hydroxyl groups is 1. The van der Waals surface area contributed by atoms with Gasteiger partial charge in [-0.15, -0.1) is 0 Å². The van der Waals surface area contributed by atoms with Crippen molar-refractivity contribution in [3.8, 4) is 0 Å². The summed E-state index contributed by atoms with van der Waals surface area (Å²) >= 11 is 0. The zero-order chi connectivity index (χ0) is 13.1. The SMILES string of the molecule is CC(C)(C)[C@@H](N)C(=O)NC1(CO)CCCCC1. The number of amides is 1. The lowest BCUT2D eigenvalue weighted by Gasteiger charge is -2.38. The quantitative estimate of drug-likeness (QED) is 0.695. The molecule has 0 heterocycles. The molecule has 0 saturated heterocycles. The van der Waals surface area contributed by atoms with Crippen LogP contribution in [0.1, 0.15) is 52.9 Å². The van der Waals surface area contributed by atoms with Gasteiger partial charge in [0, 0.05) is 0 Å². The Morgan fingerprint density at radius 1 is 1.35 bits per heavy atom. The van der Waals surface area contributed by atoms with Gasteiger partial charge in [0.25, 0.3) is 0 Å². The van der Waals surface area contributed by atoms with Crippen LogP contribution < -0.4 is 11.1 Å². The maximum absolute atomic E-state index is 12.1. The van der Waals surface area contributed by atoms with Gasteiger partial charge in [0.15, 0.2) is 0 Å². The molecule has 0 aromatic heterocycles. The van der Waals surface area contributed by atoms with Gasteiger partial charge in [-0.25, -0.2) is 0 Å². The molecule has 4 nitrogen and oxygen atoms in total. The van der Waals surface area contributed by atoms with Crippen LogP contribution in [0.2, 0.25) is 0 Å². The lowest BCUT2D eigenvalue weighted by Crippen LogP contribution is -2.59. The van der Waals surface area contributed by atoms with E-state index >= 15 is 0 Å². The summed E-state index contributed by atoms with van der Waals surface area (Å²) in [4.78, 5) is 12.1. The third-order valence-electron chi connectivity index (χ3n) is 3.72. The summed E-state index contributed by atoms with van der Waals surface area (Å²) in [5, 5.41) is 12.5. The fourth-order valence-electron chi connectivity index (χ4n) is 2.28. The molecule has 1 fully saturated rings. The Morgan fingerprint density at radius 3 is 2.29 bits per heavy atom. The Balaban J connectivity index is 2.65. The fourth-order valence-corrected chi connectivity index (χ4v) is 2.28. The number of aliphatic hydroxyl groups excluding tert-OH is 1. The largest absolute Gasteiger partial charge is 0.394 e. The molecular formula is C13H26N2O2. The van der Waals surface area contributed by atoms with Gasteiger partial charge in [-0.3, -0.25) is 4.79 Å². The van der Waals surface area contributed by atoms with E-state index in [2.05, 4.69) is 5.32 Å². The van der Waals surface area contributed by atoms with Gasteiger partial charge in [0.1, 0.15) is 0 Å². The van der Waals surface area contributed by atoms with Crippen LogP contribution in [0.5, 0.6) is 0 Å². The zero-order valence-corrected chi connectivity index (χ0v) is 11.3. The number of hydrogen-bond donors (Lipinski definition) is 3. The molecule has 4 N–H and O–H groups in total. The minimum atomic E-state index is -0.534. The van der Waals surface area contributed by atoms with E-state index < -0.39 is 11.6 Å². The topological polar surface area (TPSA) is 75.4 Å². The molecule has 1 atom stereocenters. The summed E-state index contributed by atoms with van der Waals surface area (Å²) in [6.45, 7) is 5.85. The first kappa shape index (κ1) is 14.5. The molecule has 17 heavy (non-hydrogen) atoms. The molecule has 0 aromatic rings. The van der Waals surface area contributed by atoms with Crippen LogP contribution in [0.4, 0.5) is 0 Å². The molecule has 4 heteroatoms. The fraction of sp³-hybridized carbons (Fsp3) is 0.923. The number of nitrogens with one attached hydrogen (secondary N) is 1. The minimum absolute atomic E-state index is 0.00953. The summed E-state index contributed by atoms with van der Waals surface area (Å²) in [6, 6.07) is -0.534. The number of nitrogens with two attached hydrogens (primary N) is 1. The molecule has 0 radical (unpaired) electrons. The molecule has 1 aliphatic carbocycles. The maximum Gasteiger partial charge on any atom is 0.237 e. The monoisotopic (exact) mass is 242 g/mol. The first-order valence-corrected chi connectivity index (χ1v) is 6.49. The van der Waals surface area contributed by atoms with Crippen molar-refractivity contribution in [1.82, 2.24) is 5.32 Å². The Labute approximate surface area is 104 Å². The van der Waals surface area contributed by atoms with Crippen LogP contribution in [0.3, 0.4) is 0 Å². The molecule has 1 aliphatic rings. The predicted molar refractivity (Wildman–Crippen MR) is 68.5 cm³/mol. The van der Waals surface area contributed by atoms with Gasteiger partial charge in [-0.2, -0.15) is 0 Å². The van der Waals surface area contributed by atoms with Gasteiger partial charge >= 0.3 is 0 Å². The van der Waals surface area contributed by atoms with Crippen molar-refractivity contribution in [3.05, 3.63) is 0 Å². The molecule has 1 amide bonds. The molecular weight excluding hydrogens is 216 g/mol. The first-order chi connectivity index (χ1) is 7.81. The van der Waals surface area contributed by atoms with E-state index in [0.717, 1.165) is 25.7 Å². The Bertz CT molecular complexity index is 265. The van der Waals surface area contributed by atoms with Crippen molar-refractivity contribution in [1.29, 1.82) is 0 Å². The average molecular weight is 242 g/mol. The van der Waals surface area contributed by atoms with Gasteiger partial charge in [0.2, 0.25) is 5.91 Å². The predicted octanol–water partition coefficient (Wildman–Crippen LogP) is 1.17. The van der Waals surface area contributed by atoms with Gasteiger partial charge in [0.05, 0.1) is 18.2 Å². The lowest BCUT2D eigenvalue weighted by molar-refractivity contribution is -0.127. The third kappa shape index (κ3) is 3.68. The van der Waals surface area contributed by atoms with Crippen molar-refractivity contribution in [2.75, 3.05) is 6.61 Å². The van der Waals surface area contributed by atoms with Crippen LogP contribution in [0, 0.1) is 5.41 Å². The van der Waals surface area contributed by atoms with Crippen molar-refractivity contribution >= 4 is 5.91 Å². The van der Waals surface area contributed by atoms with Crippen molar-refractivity contribution in [3.63, 3.8) is 0 Å². The first-order valence-electron chi connectivity index (χ1n) is 6.49. The van der Waals surface area contributed by atoms with Crippen LogP contribution in [-0.2, 0) is 4.79 Å². The standard InChI is InChI=1S/C13H26N2O2/c1-12(2,3)10(14)11(17)15-13(9-16)7-5-4-6-8-13/h10,16H,4-9,14H2,1-3H3,(H,15,17)/t10-/m0/s1. The van der Waals surface area contributed by atoms with Gasteiger partial charge in [-0.05, 0) is 18.3 Å². The third-order valence-corrected chi connectivity index (χ3v) is 3.72. The second-order valence-corrected chi connectivity index (χ2v) is 6.33. The van der Waals surface area contributed by atoms with Gasteiger partial charge in [-0.1, -0.05) is 40.0 Å². The van der Waals surface area contributed by atoms with Crippen LogP contribution in [0.25, 0.3) is 0 Å². The van der Waals surface area contributed by atoms with Crippen LogP contribution in [-0.4, -0.2) is 29.2 Å². The van der Waals surface area contributed by atoms with E-state index in [1.54, 1.807) is 0 Å². The maximum atomic E-state index is 12.1. The Kier molecular flexibility index (Phi) is 4.55. The van der Waals surface area contributed by atoms with E-state index in [0.29, 0.717) is 0 Å². The molecule has 100 valence electrons. The molecule has 0 spiro atoms. The number of rotatable bonds is 3. The van der Waals surface area contributed by atoms with E-state index in [1.807, 2.05) is 20.8 Å². The highest BCUT2D eigenvalue weighted by atomic mass is 16.3. The summed E-state index contributed by atoms with van der Waals surface area (Å²) in [6.07, 6.45) is 5.01. The number of carbonyl (C=O) groups excluding carboxylic acids is 1. The second kappa shape index (κ2) is 5.36. The number of hydrogen-bond acceptors (Lipinski definition) is 3. The van der Waals surface area contributed by atoms with Crippen LogP contribution >= 0.6 is 0 Å². The Hall–Kier alpha value is -0.610.